The summed E-state index contributed by atoms with van der Waals surface area (Å²) < 4.78 is 27.0. The molecule has 0 heterocycles. The maximum absolute atomic E-state index is 13.5. The Labute approximate surface area is 122 Å². The summed E-state index contributed by atoms with van der Waals surface area (Å²) in [6.07, 6.45) is 11.4. The molecule has 0 amide bonds. The van der Waals surface area contributed by atoms with Crippen molar-refractivity contribution in [3.63, 3.8) is 0 Å². The van der Waals surface area contributed by atoms with Crippen LogP contribution in [0.1, 0.15) is 47.5 Å². The van der Waals surface area contributed by atoms with Gasteiger partial charge in [0.15, 0.2) is 0 Å². The number of hydrogen-bond donors (Lipinski definition) is 0. The SMILES string of the molecule is C/C=C\C(C)C(CC)C(C)C1=CC=CC(C(C)(F)F)C1. The van der Waals surface area contributed by atoms with Crippen LogP contribution in [0, 0.1) is 23.7 Å². The van der Waals surface area contributed by atoms with E-state index in [1.165, 1.54) is 5.57 Å². The van der Waals surface area contributed by atoms with E-state index in [9.17, 15) is 8.78 Å². The van der Waals surface area contributed by atoms with Crippen LogP contribution in [-0.4, -0.2) is 5.92 Å². The zero-order valence-corrected chi connectivity index (χ0v) is 13.4. The van der Waals surface area contributed by atoms with E-state index in [1.54, 1.807) is 6.08 Å². The van der Waals surface area contributed by atoms with E-state index >= 15 is 0 Å². The fourth-order valence-electron chi connectivity index (χ4n) is 3.29. The van der Waals surface area contributed by atoms with Crippen molar-refractivity contribution in [1.29, 1.82) is 0 Å². The Morgan fingerprint density at radius 2 is 2.05 bits per heavy atom. The minimum absolute atomic E-state index is 0.348. The van der Waals surface area contributed by atoms with Gasteiger partial charge in [0.25, 0.3) is 5.92 Å². The first-order valence-electron chi connectivity index (χ1n) is 7.69. The van der Waals surface area contributed by atoms with Gasteiger partial charge in [0.05, 0.1) is 0 Å². The highest BCUT2D eigenvalue weighted by molar-refractivity contribution is 5.23. The second kappa shape index (κ2) is 7.19. The zero-order chi connectivity index (χ0) is 15.3. The maximum Gasteiger partial charge on any atom is 0.251 e. The van der Waals surface area contributed by atoms with E-state index in [0.29, 0.717) is 24.2 Å². The monoisotopic (exact) mass is 282 g/mol. The smallest absolute Gasteiger partial charge is 0.207 e. The van der Waals surface area contributed by atoms with Crippen LogP contribution >= 0.6 is 0 Å². The Morgan fingerprint density at radius 3 is 2.55 bits per heavy atom. The number of hydrogen-bond acceptors (Lipinski definition) is 0. The molecule has 114 valence electrons. The van der Waals surface area contributed by atoms with Gasteiger partial charge < -0.3 is 0 Å². The average Bonchev–Trinajstić information content (AvgIpc) is 2.39. The lowest BCUT2D eigenvalue weighted by atomic mass is 9.74. The number of allylic oxidation sites excluding steroid dienone is 6. The Balaban J connectivity index is 2.83. The third kappa shape index (κ3) is 4.29. The van der Waals surface area contributed by atoms with Crippen molar-refractivity contribution < 1.29 is 8.78 Å². The average molecular weight is 282 g/mol. The molecular weight excluding hydrogens is 254 g/mol. The second-order valence-corrected chi connectivity index (χ2v) is 6.14. The Bertz CT molecular complexity index is 385. The van der Waals surface area contributed by atoms with Crippen molar-refractivity contribution >= 4 is 0 Å². The molecule has 20 heavy (non-hydrogen) atoms. The van der Waals surface area contributed by atoms with Gasteiger partial charge in [-0.15, -0.1) is 0 Å². The third-order valence-electron chi connectivity index (χ3n) is 4.63. The molecule has 1 aliphatic rings. The lowest BCUT2D eigenvalue weighted by Gasteiger charge is -2.33. The molecule has 1 rings (SSSR count). The predicted octanol–water partition coefficient (Wildman–Crippen LogP) is 6.02. The van der Waals surface area contributed by atoms with Gasteiger partial charge in [0.1, 0.15) is 0 Å². The fourth-order valence-corrected chi connectivity index (χ4v) is 3.29. The van der Waals surface area contributed by atoms with Crippen LogP contribution in [0.4, 0.5) is 8.78 Å². The Morgan fingerprint density at radius 1 is 1.40 bits per heavy atom. The lowest BCUT2D eigenvalue weighted by Crippen LogP contribution is -2.27. The number of rotatable bonds is 6. The highest BCUT2D eigenvalue weighted by Gasteiger charge is 2.35. The van der Waals surface area contributed by atoms with Crippen molar-refractivity contribution in [2.45, 2.75) is 53.4 Å². The molecule has 0 aromatic heterocycles. The van der Waals surface area contributed by atoms with E-state index in [-0.39, 0.29) is 0 Å². The van der Waals surface area contributed by atoms with Gasteiger partial charge in [0, 0.05) is 5.92 Å². The quantitative estimate of drug-likeness (QED) is 0.523. The molecule has 4 atom stereocenters. The van der Waals surface area contributed by atoms with E-state index in [2.05, 4.69) is 32.9 Å². The van der Waals surface area contributed by atoms with E-state index in [0.717, 1.165) is 13.3 Å². The highest BCUT2D eigenvalue weighted by atomic mass is 19.3. The van der Waals surface area contributed by atoms with Crippen LogP contribution in [0.5, 0.6) is 0 Å². The Kier molecular flexibility index (Phi) is 6.16. The van der Waals surface area contributed by atoms with Crippen LogP contribution in [-0.2, 0) is 0 Å². The van der Waals surface area contributed by atoms with Crippen molar-refractivity contribution in [3.8, 4) is 0 Å². The minimum atomic E-state index is -2.63. The van der Waals surface area contributed by atoms with Gasteiger partial charge in [-0.2, -0.15) is 0 Å². The first-order valence-corrected chi connectivity index (χ1v) is 7.69. The van der Waals surface area contributed by atoms with E-state index in [1.807, 2.05) is 19.1 Å². The molecule has 0 bridgehead atoms. The highest BCUT2D eigenvalue weighted by Crippen LogP contribution is 2.39. The number of alkyl halides is 2. The zero-order valence-electron chi connectivity index (χ0n) is 13.4. The molecule has 0 aromatic carbocycles. The molecule has 0 fully saturated rings. The summed E-state index contributed by atoms with van der Waals surface area (Å²) in [5, 5.41) is 0. The van der Waals surface area contributed by atoms with Crippen molar-refractivity contribution in [2.75, 3.05) is 0 Å². The molecule has 0 aliphatic heterocycles. The largest absolute Gasteiger partial charge is 0.251 e. The van der Waals surface area contributed by atoms with Crippen LogP contribution in [0.15, 0.2) is 36.0 Å². The molecule has 1 aliphatic carbocycles. The van der Waals surface area contributed by atoms with Crippen LogP contribution in [0.3, 0.4) is 0 Å². The molecule has 0 spiro atoms. The molecule has 0 saturated carbocycles. The van der Waals surface area contributed by atoms with Gasteiger partial charge in [-0.1, -0.05) is 63.1 Å². The molecule has 0 aromatic rings. The molecule has 0 saturated heterocycles. The van der Waals surface area contributed by atoms with Crippen molar-refractivity contribution in [3.05, 3.63) is 36.0 Å². The fraction of sp³-hybridized carbons (Fsp3) is 0.667. The molecule has 0 N–H and O–H groups in total. The summed E-state index contributed by atoms with van der Waals surface area (Å²) in [7, 11) is 0. The minimum Gasteiger partial charge on any atom is -0.207 e. The van der Waals surface area contributed by atoms with Crippen molar-refractivity contribution in [2.24, 2.45) is 23.7 Å². The van der Waals surface area contributed by atoms with Gasteiger partial charge in [0.2, 0.25) is 0 Å². The molecule has 0 nitrogen and oxygen atoms in total. The van der Waals surface area contributed by atoms with Gasteiger partial charge in [-0.3, -0.25) is 0 Å². The van der Waals surface area contributed by atoms with Gasteiger partial charge in [-0.05, 0) is 38.0 Å². The normalized spacial score (nSPS) is 24.6. The predicted molar refractivity (Wildman–Crippen MR) is 82.9 cm³/mol. The summed E-state index contributed by atoms with van der Waals surface area (Å²) in [6.45, 7) is 9.64. The van der Waals surface area contributed by atoms with Gasteiger partial charge in [-0.25, -0.2) is 8.78 Å². The van der Waals surface area contributed by atoms with Gasteiger partial charge >= 0.3 is 0 Å². The van der Waals surface area contributed by atoms with Crippen LogP contribution < -0.4 is 0 Å². The Hall–Kier alpha value is -0.920. The second-order valence-electron chi connectivity index (χ2n) is 6.14. The van der Waals surface area contributed by atoms with Crippen LogP contribution in [0.2, 0.25) is 0 Å². The topological polar surface area (TPSA) is 0 Å². The van der Waals surface area contributed by atoms with E-state index in [4.69, 9.17) is 0 Å². The number of halogens is 2. The molecule has 2 heteroatoms. The summed E-state index contributed by atoms with van der Waals surface area (Å²) in [5.74, 6) is -1.95. The first kappa shape index (κ1) is 17.1. The standard InChI is InChI=1S/C18H28F2/c1-6-9-13(3)17(7-2)14(4)15-10-8-11-16(12-15)18(5,19)20/h6,8-11,13-14,16-17H,7,12H2,1-5H3/b9-6-. The molecule has 4 unspecified atom stereocenters. The van der Waals surface area contributed by atoms with E-state index < -0.39 is 11.8 Å². The molecular formula is C18H28F2. The summed E-state index contributed by atoms with van der Waals surface area (Å²) in [6, 6.07) is 0. The third-order valence-corrected chi connectivity index (χ3v) is 4.63. The first-order chi connectivity index (χ1) is 9.31. The maximum atomic E-state index is 13.5. The lowest BCUT2D eigenvalue weighted by molar-refractivity contribution is -0.0221. The summed E-state index contributed by atoms with van der Waals surface area (Å²) in [5.41, 5.74) is 1.17. The summed E-state index contributed by atoms with van der Waals surface area (Å²) in [4.78, 5) is 0. The van der Waals surface area contributed by atoms with Crippen molar-refractivity contribution in [1.82, 2.24) is 0 Å². The van der Waals surface area contributed by atoms with Crippen LogP contribution in [0.25, 0.3) is 0 Å². The molecule has 0 radical (unpaired) electrons. The summed E-state index contributed by atoms with van der Waals surface area (Å²) >= 11 is 0.